The van der Waals surface area contributed by atoms with Crippen LogP contribution in [0.15, 0.2) is 33.8 Å². The zero-order valence-corrected chi connectivity index (χ0v) is 14.6. The summed E-state index contributed by atoms with van der Waals surface area (Å²) in [6.07, 6.45) is -4.66. The molecule has 0 fully saturated rings. The SMILES string of the molecule is Cc1cc(Sc2nnc(-c3cccs3)n2N)n2nc(C(F)(F)F)nc2n1. The van der Waals surface area contributed by atoms with Crippen molar-refractivity contribution in [2.24, 2.45) is 0 Å². The second-order valence-electron chi connectivity index (χ2n) is 5.14. The molecular weight excluding hydrogens is 389 g/mol. The summed E-state index contributed by atoms with van der Waals surface area (Å²) in [7, 11) is 0. The molecule has 0 unspecified atom stereocenters. The van der Waals surface area contributed by atoms with Crippen LogP contribution in [0.2, 0.25) is 0 Å². The largest absolute Gasteiger partial charge is 0.453 e. The second kappa shape index (κ2) is 5.95. The molecule has 0 atom stereocenters. The van der Waals surface area contributed by atoms with E-state index in [1.165, 1.54) is 16.0 Å². The van der Waals surface area contributed by atoms with E-state index in [1.54, 1.807) is 13.0 Å². The minimum atomic E-state index is -4.66. The lowest BCUT2D eigenvalue weighted by molar-refractivity contribution is -0.144. The maximum Gasteiger partial charge on any atom is 0.453 e. The van der Waals surface area contributed by atoms with Gasteiger partial charge in [0, 0.05) is 5.69 Å². The lowest BCUT2D eigenvalue weighted by Crippen LogP contribution is -2.11. The summed E-state index contributed by atoms with van der Waals surface area (Å²) >= 11 is 2.47. The van der Waals surface area contributed by atoms with Crippen molar-refractivity contribution in [2.75, 3.05) is 5.84 Å². The lowest BCUT2D eigenvalue weighted by Gasteiger charge is -2.05. The van der Waals surface area contributed by atoms with Crippen LogP contribution in [0.5, 0.6) is 0 Å². The maximum atomic E-state index is 12.9. The van der Waals surface area contributed by atoms with Crippen LogP contribution >= 0.6 is 23.1 Å². The number of aromatic nitrogens is 7. The Morgan fingerprint density at radius 3 is 2.73 bits per heavy atom. The zero-order valence-electron chi connectivity index (χ0n) is 13.0. The Bertz CT molecular complexity index is 1080. The van der Waals surface area contributed by atoms with E-state index in [4.69, 9.17) is 5.84 Å². The van der Waals surface area contributed by atoms with Gasteiger partial charge in [-0.2, -0.15) is 22.7 Å². The summed E-state index contributed by atoms with van der Waals surface area (Å²) in [4.78, 5) is 8.25. The molecular formula is C13H9F3N8S2. The standard InChI is InChI=1S/C13H9F3N8S2/c1-6-5-8(24-11(18-6)19-10(22-24)13(14,15)16)26-12-21-20-9(23(12)17)7-3-2-4-25-7/h2-5H,17H2,1H3. The van der Waals surface area contributed by atoms with Crippen molar-refractivity contribution in [3.8, 4) is 10.7 Å². The molecule has 4 heterocycles. The molecule has 0 aliphatic heterocycles. The average Bonchev–Trinajstić information content (AvgIpc) is 3.26. The van der Waals surface area contributed by atoms with E-state index in [0.717, 1.165) is 21.2 Å². The van der Waals surface area contributed by atoms with Crippen molar-refractivity contribution in [1.29, 1.82) is 0 Å². The molecule has 13 heteroatoms. The van der Waals surface area contributed by atoms with Crippen LogP contribution in [0.25, 0.3) is 16.5 Å². The first-order valence-electron chi connectivity index (χ1n) is 7.07. The number of fused-ring (bicyclic) bond motifs is 1. The molecule has 4 aromatic rings. The highest BCUT2D eigenvalue weighted by Crippen LogP contribution is 2.31. The number of aryl methyl sites for hydroxylation is 1. The van der Waals surface area contributed by atoms with Crippen molar-refractivity contribution >= 4 is 28.9 Å². The molecule has 0 saturated heterocycles. The van der Waals surface area contributed by atoms with E-state index >= 15 is 0 Å². The molecule has 0 amide bonds. The molecule has 0 aromatic carbocycles. The number of alkyl halides is 3. The first-order valence-corrected chi connectivity index (χ1v) is 8.76. The van der Waals surface area contributed by atoms with Crippen LogP contribution in [0, 0.1) is 6.92 Å². The number of nitrogen functional groups attached to an aromatic ring is 1. The number of thiophene rings is 1. The van der Waals surface area contributed by atoms with Crippen molar-refractivity contribution in [1.82, 2.24) is 34.5 Å². The average molecular weight is 398 g/mol. The number of nitrogens with two attached hydrogens (primary N) is 1. The maximum absolute atomic E-state index is 12.9. The Kier molecular flexibility index (Phi) is 3.84. The molecule has 0 aliphatic carbocycles. The quantitative estimate of drug-likeness (QED) is 0.418. The molecule has 0 bridgehead atoms. The fourth-order valence-corrected chi connectivity index (χ4v) is 3.76. The molecule has 0 saturated carbocycles. The van der Waals surface area contributed by atoms with Gasteiger partial charge < -0.3 is 5.84 Å². The van der Waals surface area contributed by atoms with Gasteiger partial charge in [0.25, 0.3) is 11.6 Å². The van der Waals surface area contributed by atoms with Gasteiger partial charge in [-0.05, 0) is 36.2 Å². The fourth-order valence-electron chi connectivity index (χ4n) is 2.16. The van der Waals surface area contributed by atoms with Gasteiger partial charge in [0.1, 0.15) is 5.03 Å². The lowest BCUT2D eigenvalue weighted by atomic mass is 10.4. The molecule has 0 radical (unpaired) electrons. The van der Waals surface area contributed by atoms with Gasteiger partial charge in [-0.1, -0.05) is 6.07 Å². The molecule has 4 rings (SSSR count). The smallest absolute Gasteiger partial charge is 0.335 e. The third kappa shape index (κ3) is 2.88. The Morgan fingerprint density at radius 1 is 1.23 bits per heavy atom. The molecule has 134 valence electrons. The molecule has 2 N–H and O–H groups in total. The van der Waals surface area contributed by atoms with E-state index in [1.807, 2.05) is 17.5 Å². The predicted octanol–water partition coefficient (Wildman–Crippen LogP) is 2.64. The van der Waals surface area contributed by atoms with E-state index < -0.39 is 12.0 Å². The molecule has 4 aromatic heterocycles. The monoisotopic (exact) mass is 398 g/mol. The number of hydrogen-bond acceptors (Lipinski definition) is 8. The summed E-state index contributed by atoms with van der Waals surface area (Å²) in [5.74, 6) is 5.08. The summed E-state index contributed by atoms with van der Waals surface area (Å²) in [5.41, 5.74) is 0.489. The van der Waals surface area contributed by atoms with Crippen molar-refractivity contribution in [3.05, 3.63) is 35.1 Å². The van der Waals surface area contributed by atoms with Crippen LogP contribution < -0.4 is 5.84 Å². The summed E-state index contributed by atoms with van der Waals surface area (Å²) in [6.45, 7) is 1.65. The van der Waals surface area contributed by atoms with Gasteiger partial charge in [-0.3, -0.25) is 0 Å². The first-order chi connectivity index (χ1) is 12.3. The Hall–Kier alpha value is -2.67. The van der Waals surface area contributed by atoms with E-state index in [2.05, 4.69) is 25.3 Å². The zero-order chi connectivity index (χ0) is 18.5. The normalized spacial score (nSPS) is 12.2. The van der Waals surface area contributed by atoms with Gasteiger partial charge in [0.05, 0.1) is 4.88 Å². The van der Waals surface area contributed by atoms with Crippen LogP contribution in [0.1, 0.15) is 11.5 Å². The Labute approximate surface area is 151 Å². The molecule has 0 aliphatic rings. The van der Waals surface area contributed by atoms with Gasteiger partial charge in [-0.15, -0.1) is 26.6 Å². The minimum Gasteiger partial charge on any atom is -0.335 e. The van der Waals surface area contributed by atoms with Gasteiger partial charge in [0.2, 0.25) is 5.16 Å². The second-order valence-corrected chi connectivity index (χ2v) is 7.07. The summed E-state index contributed by atoms with van der Waals surface area (Å²) < 4.78 is 41.0. The highest BCUT2D eigenvalue weighted by molar-refractivity contribution is 7.99. The summed E-state index contributed by atoms with van der Waals surface area (Å²) in [5, 5.41) is 14.1. The highest BCUT2D eigenvalue weighted by atomic mass is 32.2. The van der Waals surface area contributed by atoms with E-state index in [9.17, 15) is 13.2 Å². The number of rotatable bonds is 3. The van der Waals surface area contributed by atoms with Gasteiger partial charge >= 0.3 is 6.18 Å². The van der Waals surface area contributed by atoms with Crippen LogP contribution in [0.4, 0.5) is 13.2 Å². The molecule has 26 heavy (non-hydrogen) atoms. The highest BCUT2D eigenvalue weighted by Gasteiger charge is 2.37. The van der Waals surface area contributed by atoms with E-state index in [-0.39, 0.29) is 5.78 Å². The van der Waals surface area contributed by atoms with Crippen LogP contribution in [-0.2, 0) is 6.18 Å². The number of hydrogen-bond donors (Lipinski definition) is 1. The summed E-state index contributed by atoms with van der Waals surface area (Å²) in [6, 6.07) is 5.27. The minimum absolute atomic E-state index is 0.151. The van der Waals surface area contributed by atoms with Crippen LogP contribution in [0.3, 0.4) is 0 Å². The fraction of sp³-hybridized carbons (Fsp3) is 0.154. The molecule has 0 spiro atoms. The van der Waals surface area contributed by atoms with Crippen molar-refractivity contribution in [2.45, 2.75) is 23.3 Å². The molecule has 8 nitrogen and oxygen atoms in total. The number of nitrogens with zero attached hydrogens (tertiary/aromatic N) is 7. The van der Waals surface area contributed by atoms with E-state index in [0.29, 0.717) is 21.7 Å². The first kappa shape index (κ1) is 16.8. The van der Waals surface area contributed by atoms with Crippen molar-refractivity contribution < 1.29 is 13.2 Å². The topological polar surface area (TPSA) is 99.8 Å². The Morgan fingerprint density at radius 2 is 2.04 bits per heavy atom. The van der Waals surface area contributed by atoms with Crippen molar-refractivity contribution in [3.63, 3.8) is 0 Å². The third-order valence-corrected chi connectivity index (χ3v) is 5.09. The third-order valence-electron chi connectivity index (χ3n) is 3.26. The van der Waals surface area contributed by atoms with Gasteiger partial charge in [0.15, 0.2) is 5.82 Å². The number of halogens is 3. The van der Waals surface area contributed by atoms with Gasteiger partial charge in [-0.25, -0.2) is 9.66 Å². The predicted molar refractivity (Wildman–Crippen MR) is 88.1 cm³/mol. The van der Waals surface area contributed by atoms with Crippen LogP contribution in [-0.4, -0.2) is 34.5 Å². The Balaban J connectivity index is 1.77.